The van der Waals surface area contributed by atoms with E-state index >= 15 is 0 Å². The Morgan fingerprint density at radius 1 is 1.21 bits per heavy atom. The summed E-state index contributed by atoms with van der Waals surface area (Å²) in [5, 5.41) is 11.4. The third-order valence-electron chi connectivity index (χ3n) is 3.70. The summed E-state index contributed by atoms with van der Waals surface area (Å²) in [6, 6.07) is 4.96. The molecule has 2 N–H and O–H groups in total. The number of aromatic hydroxyl groups is 1. The van der Waals surface area contributed by atoms with Gasteiger partial charge in [0, 0.05) is 11.4 Å². The number of halogens is 1. The van der Waals surface area contributed by atoms with Gasteiger partial charge in [0.1, 0.15) is 11.5 Å². The van der Waals surface area contributed by atoms with Crippen LogP contribution in [0.1, 0.15) is 6.42 Å². The molecule has 1 aromatic carbocycles. The average molecular weight is 508 g/mol. The van der Waals surface area contributed by atoms with Gasteiger partial charge in [-0.25, -0.2) is 13.1 Å². The lowest BCUT2D eigenvalue weighted by Crippen LogP contribution is -2.29. The van der Waals surface area contributed by atoms with Crippen molar-refractivity contribution in [1.82, 2.24) is 0 Å². The lowest BCUT2D eigenvalue weighted by molar-refractivity contribution is 0.393. The smallest absolute Gasteiger partial charge is 0.252 e. The van der Waals surface area contributed by atoms with Crippen LogP contribution in [0.15, 0.2) is 22.6 Å². The van der Waals surface area contributed by atoms with Crippen LogP contribution in [0, 0.1) is 0 Å². The fourth-order valence-electron chi connectivity index (χ4n) is 2.48. The summed E-state index contributed by atoms with van der Waals surface area (Å²) < 4.78 is 49.4. The number of benzene rings is 1. The molecule has 11 heteroatoms. The van der Waals surface area contributed by atoms with Gasteiger partial charge in [-0.15, -0.1) is 0 Å². The molecule has 1 aromatic heterocycles. The predicted octanol–water partition coefficient (Wildman–Crippen LogP) is 4.41. The Kier molecular flexibility index (Phi) is 7.52. The SMILES string of the molecule is COc1ccc(-c2oc(NS(=O)(=O)CCCBr)c(O[Si](C)(C)C)c2O)c(OC)c1. The fourth-order valence-corrected chi connectivity index (χ4v) is 4.98. The highest BCUT2D eigenvalue weighted by Crippen LogP contribution is 2.49. The van der Waals surface area contributed by atoms with Crippen molar-refractivity contribution in [3.63, 3.8) is 0 Å². The van der Waals surface area contributed by atoms with E-state index in [0.717, 1.165) is 0 Å². The zero-order valence-corrected chi connectivity index (χ0v) is 20.4. The highest BCUT2D eigenvalue weighted by atomic mass is 79.9. The van der Waals surface area contributed by atoms with Crippen molar-refractivity contribution in [2.75, 3.05) is 30.0 Å². The van der Waals surface area contributed by atoms with Crippen LogP contribution in [-0.4, -0.2) is 47.1 Å². The van der Waals surface area contributed by atoms with Crippen molar-refractivity contribution >= 4 is 40.2 Å². The van der Waals surface area contributed by atoms with Crippen LogP contribution in [-0.2, 0) is 10.0 Å². The van der Waals surface area contributed by atoms with E-state index in [4.69, 9.17) is 18.3 Å². The van der Waals surface area contributed by atoms with Gasteiger partial charge in [-0.05, 0) is 38.2 Å². The molecule has 0 spiro atoms. The first-order valence-electron chi connectivity index (χ1n) is 8.85. The molecule has 0 saturated carbocycles. The maximum Gasteiger partial charge on any atom is 0.252 e. The summed E-state index contributed by atoms with van der Waals surface area (Å²) in [6.45, 7) is 5.74. The second kappa shape index (κ2) is 9.31. The van der Waals surface area contributed by atoms with Crippen LogP contribution < -0.4 is 18.6 Å². The molecule has 0 aliphatic heterocycles. The Morgan fingerprint density at radius 2 is 1.90 bits per heavy atom. The second-order valence-electron chi connectivity index (χ2n) is 7.18. The monoisotopic (exact) mass is 507 g/mol. The molecule has 0 bridgehead atoms. The van der Waals surface area contributed by atoms with Gasteiger partial charge >= 0.3 is 0 Å². The summed E-state index contributed by atoms with van der Waals surface area (Å²) in [5.74, 6) is 0.400. The van der Waals surface area contributed by atoms with E-state index in [9.17, 15) is 13.5 Å². The molecule has 0 aliphatic carbocycles. The molecule has 8 nitrogen and oxygen atoms in total. The number of nitrogens with one attached hydrogen (secondary N) is 1. The van der Waals surface area contributed by atoms with Crippen LogP contribution in [0.2, 0.25) is 19.6 Å². The Balaban J connectivity index is 2.58. The van der Waals surface area contributed by atoms with Gasteiger partial charge in [-0.3, -0.25) is 0 Å². The topological polar surface area (TPSA) is 107 Å². The summed E-state index contributed by atoms with van der Waals surface area (Å²) >= 11 is 3.22. The predicted molar refractivity (Wildman–Crippen MR) is 119 cm³/mol. The number of furan rings is 1. The van der Waals surface area contributed by atoms with Gasteiger partial charge in [-0.2, -0.15) is 0 Å². The van der Waals surface area contributed by atoms with Crippen molar-refractivity contribution in [3.8, 4) is 34.3 Å². The van der Waals surface area contributed by atoms with Crippen molar-refractivity contribution in [1.29, 1.82) is 0 Å². The third kappa shape index (κ3) is 6.06. The van der Waals surface area contributed by atoms with Gasteiger partial charge in [0.15, 0.2) is 5.76 Å². The van der Waals surface area contributed by atoms with Crippen molar-refractivity contribution in [3.05, 3.63) is 18.2 Å². The maximum absolute atomic E-state index is 12.4. The zero-order chi connectivity index (χ0) is 21.8. The number of rotatable bonds is 10. The highest BCUT2D eigenvalue weighted by molar-refractivity contribution is 9.09. The molecule has 0 radical (unpaired) electrons. The number of hydrogen-bond acceptors (Lipinski definition) is 7. The molecule has 1 heterocycles. The number of anilines is 1. The van der Waals surface area contributed by atoms with Crippen LogP contribution >= 0.6 is 15.9 Å². The summed E-state index contributed by atoms with van der Waals surface area (Å²) in [7, 11) is -2.89. The van der Waals surface area contributed by atoms with Crippen LogP contribution in [0.25, 0.3) is 11.3 Å². The third-order valence-corrected chi connectivity index (χ3v) is 6.40. The number of alkyl halides is 1. The molecule has 0 aliphatic rings. The van der Waals surface area contributed by atoms with Gasteiger partial charge < -0.3 is 23.4 Å². The Bertz CT molecular complexity index is 954. The minimum absolute atomic E-state index is 0.0283. The van der Waals surface area contributed by atoms with E-state index in [1.54, 1.807) is 18.2 Å². The molecular weight excluding hydrogens is 482 g/mol. The minimum atomic E-state index is -3.69. The van der Waals surface area contributed by atoms with E-state index in [2.05, 4.69) is 20.7 Å². The maximum atomic E-state index is 12.4. The molecule has 162 valence electrons. The summed E-state index contributed by atoms with van der Waals surface area (Å²) in [5.41, 5.74) is 0.428. The lowest BCUT2D eigenvalue weighted by atomic mass is 10.1. The minimum Gasteiger partial charge on any atom is -0.538 e. The Hall–Kier alpha value is -1.85. The summed E-state index contributed by atoms with van der Waals surface area (Å²) in [6.07, 6.45) is 0.422. The zero-order valence-electron chi connectivity index (χ0n) is 17.0. The molecule has 0 fully saturated rings. The highest BCUT2D eigenvalue weighted by Gasteiger charge is 2.31. The Labute approximate surface area is 180 Å². The fraction of sp³-hybridized carbons (Fsp3) is 0.444. The molecule has 2 aromatic rings. The van der Waals surface area contributed by atoms with Crippen molar-refractivity contribution in [2.24, 2.45) is 0 Å². The molecule has 0 unspecified atom stereocenters. The normalized spacial score (nSPS) is 11.9. The van der Waals surface area contributed by atoms with Crippen molar-refractivity contribution in [2.45, 2.75) is 26.1 Å². The van der Waals surface area contributed by atoms with Crippen LogP contribution in [0.5, 0.6) is 23.0 Å². The van der Waals surface area contributed by atoms with Crippen molar-refractivity contribution < 1.29 is 31.8 Å². The molecule has 29 heavy (non-hydrogen) atoms. The first-order valence-corrected chi connectivity index (χ1v) is 15.0. The number of sulfonamides is 1. The van der Waals surface area contributed by atoms with E-state index < -0.39 is 18.3 Å². The van der Waals surface area contributed by atoms with Gasteiger partial charge in [0.05, 0.1) is 25.5 Å². The number of methoxy groups -OCH3 is 2. The Morgan fingerprint density at radius 3 is 2.45 bits per heavy atom. The van der Waals surface area contributed by atoms with E-state index in [-0.39, 0.29) is 28.9 Å². The van der Waals surface area contributed by atoms with Gasteiger partial charge in [-0.1, -0.05) is 15.9 Å². The number of ether oxygens (including phenoxy) is 2. The standard InChI is InChI=1S/C18H26BrNO7SSi/c1-24-12-7-8-13(14(11-12)25-2)16-15(21)17(27-29(3,4)5)18(26-16)20-28(22,23)10-6-9-19/h7-8,11,20-21H,6,9-10H2,1-5H3. The second-order valence-corrected chi connectivity index (χ2v) is 14.2. The largest absolute Gasteiger partial charge is 0.538 e. The molecule has 2 rings (SSSR count). The van der Waals surface area contributed by atoms with E-state index in [1.807, 2.05) is 19.6 Å². The van der Waals surface area contributed by atoms with Crippen LogP contribution in [0.3, 0.4) is 0 Å². The summed E-state index contributed by atoms with van der Waals surface area (Å²) in [4.78, 5) is 0. The number of hydrogen-bond donors (Lipinski definition) is 2. The molecule has 0 atom stereocenters. The van der Waals surface area contributed by atoms with E-state index in [1.165, 1.54) is 14.2 Å². The van der Waals surface area contributed by atoms with E-state index in [0.29, 0.717) is 28.8 Å². The molecule has 0 saturated heterocycles. The van der Waals surface area contributed by atoms with Gasteiger partial charge in [0.25, 0.3) is 5.88 Å². The van der Waals surface area contributed by atoms with Gasteiger partial charge in [0.2, 0.25) is 29.8 Å². The quantitative estimate of drug-likeness (QED) is 0.362. The average Bonchev–Trinajstić information content (AvgIpc) is 2.93. The first-order chi connectivity index (χ1) is 13.5. The first kappa shape index (κ1) is 23.4. The molecule has 0 amide bonds. The van der Waals surface area contributed by atoms with Crippen LogP contribution in [0.4, 0.5) is 5.88 Å². The lowest BCUT2D eigenvalue weighted by Gasteiger charge is -2.19. The molecular formula is C18H26BrNO7SSi.